The van der Waals surface area contributed by atoms with Gasteiger partial charge in [-0.15, -0.1) is 11.3 Å². The monoisotopic (exact) mass is 432 g/mol. The zero-order chi connectivity index (χ0) is 20.5. The van der Waals surface area contributed by atoms with Crippen molar-refractivity contribution in [3.05, 3.63) is 65.8 Å². The summed E-state index contributed by atoms with van der Waals surface area (Å²) in [7, 11) is 0. The fraction of sp³-hybridized carbons (Fsp3) is 0.350. The van der Waals surface area contributed by atoms with Gasteiger partial charge in [0.1, 0.15) is 0 Å². The van der Waals surface area contributed by atoms with Crippen LogP contribution >= 0.6 is 22.9 Å². The lowest BCUT2D eigenvalue weighted by Gasteiger charge is -2.34. The van der Waals surface area contributed by atoms with Gasteiger partial charge < -0.3 is 14.5 Å². The van der Waals surface area contributed by atoms with Crippen LogP contribution in [0.5, 0.6) is 0 Å². The van der Waals surface area contributed by atoms with Crippen LogP contribution < -0.4 is 11.1 Å². The number of benzene rings is 1. The lowest BCUT2D eigenvalue weighted by Crippen LogP contribution is -2.48. The molecule has 0 spiro atoms. The number of halogens is 1. The van der Waals surface area contributed by atoms with Gasteiger partial charge in [-0.3, -0.25) is 19.3 Å². The standard InChI is InChI=1S/C20H21ClN4O3S/c1-2-25-16-5-3-13(11-15(16)22-18(26)20(25)28)19(27)24-9-7-23(8-10-24)12-14-4-6-17(21)29-14/h3-6,11H,2,7-10,12H2,1H3,(H,22,26). The molecule has 29 heavy (non-hydrogen) atoms. The van der Waals surface area contributed by atoms with Crippen molar-refractivity contribution in [3.63, 3.8) is 0 Å². The Hall–Kier alpha value is -2.42. The van der Waals surface area contributed by atoms with Crippen LogP contribution in [-0.2, 0) is 13.1 Å². The molecule has 0 atom stereocenters. The number of amides is 1. The fourth-order valence-corrected chi connectivity index (χ4v) is 4.81. The molecular weight excluding hydrogens is 412 g/mol. The number of aryl methyl sites for hydroxylation is 1. The van der Waals surface area contributed by atoms with Gasteiger partial charge in [0.25, 0.3) is 5.91 Å². The molecule has 9 heteroatoms. The van der Waals surface area contributed by atoms with Gasteiger partial charge in [0.15, 0.2) is 0 Å². The van der Waals surface area contributed by atoms with E-state index in [1.165, 1.54) is 9.44 Å². The Labute approximate surface area is 176 Å². The topological polar surface area (TPSA) is 78.4 Å². The van der Waals surface area contributed by atoms with Gasteiger partial charge in [0, 0.05) is 49.7 Å². The van der Waals surface area contributed by atoms with Crippen LogP contribution in [0.4, 0.5) is 0 Å². The Bertz CT molecular complexity index is 1170. The van der Waals surface area contributed by atoms with E-state index in [0.29, 0.717) is 36.2 Å². The van der Waals surface area contributed by atoms with Crippen LogP contribution in [0.15, 0.2) is 39.9 Å². The number of nitrogens with zero attached hydrogens (tertiary/aromatic N) is 3. The van der Waals surface area contributed by atoms with Crippen molar-refractivity contribution in [1.29, 1.82) is 0 Å². The summed E-state index contributed by atoms with van der Waals surface area (Å²) in [5.41, 5.74) is 0.366. The van der Waals surface area contributed by atoms with E-state index in [1.54, 1.807) is 29.5 Å². The molecule has 152 valence electrons. The van der Waals surface area contributed by atoms with E-state index in [1.807, 2.05) is 24.0 Å². The quantitative estimate of drug-likeness (QED) is 0.642. The summed E-state index contributed by atoms with van der Waals surface area (Å²) in [6.07, 6.45) is 0. The smallest absolute Gasteiger partial charge is 0.316 e. The maximum atomic E-state index is 12.9. The lowest BCUT2D eigenvalue weighted by molar-refractivity contribution is 0.0630. The average molecular weight is 433 g/mol. The summed E-state index contributed by atoms with van der Waals surface area (Å²) in [5, 5.41) is 0. The van der Waals surface area contributed by atoms with Crippen LogP contribution in [-0.4, -0.2) is 51.4 Å². The summed E-state index contributed by atoms with van der Waals surface area (Å²) < 4.78 is 2.20. The van der Waals surface area contributed by atoms with Crippen molar-refractivity contribution in [1.82, 2.24) is 19.4 Å². The highest BCUT2D eigenvalue weighted by molar-refractivity contribution is 7.16. The van der Waals surface area contributed by atoms with Gasteiger partial charge in [0.05, 0.1) is 15.4 Å². The van der Waals surface area contributed by atoms with Crippen molar-refractivity contribution in [2.75, 3.05) is 26.2 Å². The highest BCUT2D eigenvalue weighted by Crippen LogP contribution is 2.23. The molecule has 4 rings (SSSR count). The SMILES string of the molecule is CCn1c(=O)c(=O)[nH]c2cc(C(=O)N3CCN(Cc4ccc(Cl)s4)CC3)ccc21. The van der Waals surface area contributed by atoms with E-state index in [9.17, 15) is 14.4 Å². The maximum Gasteiger partial charge on any atom is 0.316 e. The van der Waals surface area contributed by atoms with Gasteiger partial charge in [-0.05, 0) is 37.3 Å². The summed E-state index contributed by atoms with van der Waals surface area (Å²) in [6, 6.07) is 9.04. The lowest BCUT2D eigenvalue weighted by atomic mass is 10.1. The van der Waals surface area contributed by atoms with Crippen molar-refractivity contribution in [2.45, 2.75) is 20.0 Å². The number of rotatable bonds is 4. The number of piperazine rings is 1. The Kier molecular flexibility index (Phi) is 5.58. The molecule has 7 nitrogen and oxygen atoms in total. The van der Waals surface area contributed by atoms with Gasteiger partial charge >= 0.3 is 11.1 Å². The number of thiophene rings is 1. The predicted octanol–water partition coefficient (Wildman–Crippen LogP) is 2.38. The number of fused-ring (bicyclic) bond motifs is 1. The van der Waals surface area contributed by atoms with Crippen LogP contribution in [0.25, 0.3) is 11.0 Å². The number of carbonyl (C=O) groups excluding carboxylic acids is 1. The Morgan fingerprint density at radius 1 is 1.14 bits per heavy atom. The summed E-state index contributed by atoms with van der Waals surface area (Å²) in [5.74, 6) is -0.0687. The maximum absolute atomic E-state index is 12.9. The number of H-pyrrole nitrogens is 1. The van der Waals surface area contributed by atoms with Crippen molar-refractivity contribution in [3.8, 4) is 0 Å². The van der Waals surface area contributed by atoms with Gasteiger partial charge in [0.2, 0.25) is 0 Å². The molecule has 1 aliphatic heterocycles. The van der Waals surface area contributed by atoms with Gasteiger partial charge in [-0.2, -0.15) is 0 Å². The van der Waals surface area contributed by atoms with E-state index >= 15 is 0 Å². The fourth-order valence-electron chi connectivity index (χ4n) is 3.68. The largest absolute Gasteiger partial charge is 0.336 e. The molecule has 1 fully saturated rings. The minimum Gasteiger partial charge on any atom is -0.336 e. The van der Waals surface area contributed by atoms with Gasteiger partial charge in [-0.1, -0.05) is 11.6 Å². The molecular formula is C20H21ClN4O3S. The Balaban J connectivity index is 1.48. The third-order valence-corrected chi connectivity index (χ3v) is 6.42. The highest BCUT2D eigenvalue weighted by Gasteiger charge is 2.23. The van der Waals surface area contributed by atoms with Crippen LogP contribution in [0.3, 0.4) is 0 Å². The molecule has 3 aromatic rings. The first kappa shape index (κ1) is 19.9. The number of nitrogens with one attached hydrogen (secondary N) is 1. The highest BCUT2D eigenvalue weighted by atomic mass is 35.5. The minimum atomic E-state index is -0.675. The summed E-state index contributed by atoms with van der Waals surface area (Å²) >= 11 is 7.58. The van der Waals surface area contributed by atoms with E-state index in [-0.39, 0.29) is 5.91 Å². The average Bonchev–Trinajstić information content (AvgIpc) is 3.13. The molecule has 3 heterocycles. The molecule has 1 saturated heterocycles. The second kappa shape index (κ2) is 8.14. The molecule has 0 unspecified atom stereocenters. The first-order chi connectivity index (χ1) is 14.0. The van der Waals surface area contributed by atoms with E-state index in [4.69, 9.17) is 11.6 Å². The third-order valence-electron chi connectivity index (χ3n) is 5.21. The second-order valence-electron chi connectivity index (χ2n) is 7.01. The molecule has 1 amide bonds. The Morgan fingerprint density at radius 2 is 1.90 bits per heavy atom. The number of aromatic amines is 1. The number of carbonyl (C=O) groups is 1. The number of hydrogen-bond acceptors (Lipinski definition) is 5. The number of hydrogen-bond donors (Lipinski definition) is 1. The minimum absolute atomic E-state index is 0.0687. The molecule has 0 radical (unpaired) electrons. The molecule has 1 aliphatic rings. The van der Waals surface area contributed by atoms with Crippen molar-refractivity contribution in [2.24, 2.45) is 0 Å². The van der Waals surface area contributed by atoms with Crippen molar-refractivity contribution < 1.29 is 4.79 Å². The third kappa shape index (κ3) is 4.01. The summed E-state index contributed by atoms with van der Waals surface area (Å²) in [6.45, 7) is 5.90. The molecule has 0 saturated carbocycles. The Morgan fingerprint density at radius 3 is 2.55 bits per heavy atom. The molecule has 1 N–H and O–H groups in total. The van der Waals surface area contributed by atoms with Crippen molar-refractivity contribution >= 4 is 39.9 Å². The van der Waals surface area contributed by atoms with Crippen LogP contribution in [0.1, 0.15) is 22.2 Å². The molecule has 1 aromatic carbocycles. The van der Waals surface area contributed by atoms with E-state index in [2.05, 4.69) is 9.88 Å². The van der Waals surface area contributed by atoms with Crippen LogP contribution in [0.2, 0.25) is 4.34 Å². The first-order valence-corrected chi connectivity index (χ1v) is 10.7. The van der Waals surface area contributed by atoms with Crippen LogP contribution in [0, 0.1) is 0 Å². The zero-order valence-electron chi connectivity index (χ0n) is 16.0. The molecule has 0 bridgehead atoms. The molecule has 2 aromatic heterocycles. The molecule has 0 aliphatic carbocycles. The van der Waals surface area contributed by atoms with E-state index < -0.39 is 11.1 Å². The number of aromatic nitrogens is 2. The normalized spacial score (nSPS) is 15.2. The second-order valence-corrected chi connectivity index (χ2v) is 8.81. The van der Waals surface area contributed by atoms with Gasteiger partial charge in [-0.25, -0.2) is 0 Å². The predicted molar refractivity (Wildman–Crippen MR) is 115 cm³/mol. The van der Waals surface area contributed by atoms with E-state index in [0.717, 1.165) is 24.0 Å². The summed E-state index contributed by atoms with van der Waals surface area (Å²) in [4.78, 5) is 44.8. The first-order valence-electron chi connectivity index (χ1n) is 9.49. The zero-order valence-corrected chi connectivity index (χ0v) is 17.6.